The number of aryl methyl sites for hydroxylation is 1. The van der Waals surface area contributed by atoms with Gasteiger partial charge in [-0.05, 0) is 65.2 Å². The smallest absolute Gasteiger partial charge is 0.146 e. The van der Waals surface area contributed by atoms with Crippen molar-refractivity contribution in [3.8, 4) is 11.5 Å². The summed E-state index contributed by atoms with van der Waals surface area (Å²) in [4.78, 5) is 0. The normalized spacial score (nSPS) is 12.3. The van der Waals surface area contributed by atoms with Crippen LogP contribution < -0.4 is 10.5 Å². The molecule has 19 heavy (non-hydrogen) atoms. The molecule has 4 heteroatoms. The van der Waals surface area contributed by atoms with Crippen molar-refractivity contribution >= 4 is 27.5 Å². The highest BCUT2D eigenvalue weighted by molar-refractivity contribution is 9.10. The molecule has 1 atom stereocenters. The minimum atomic E-state index is -0.00619. The summed E-state index contributed by atoms with van der Waals surface area (Å²) in [5.41, 5.74) is 7.99. The molecule has 2 rings (SSSR count). The molecule has 0 bridgehead atoms. The molecule has 2 aromatic carbocycles. The maximum Gasteiger partial charge on any atom is 0.146 e. The Morgan fingerprint density at radius 1 is 1.16 bits per heavy atom. The molecule has 0 fully saturated rings. The van der Waals surface area contributed by atoms with E-state index in [0.717, 1.165) is 21.3 Å². The van der Waals surface area contributed by atoms with Gasteiger partial charge in [-0.1, -0.05) is 23.7 Å². The summed E-state index contributed by atoms with van der Waals surface area (Å²) in [5.74, 6) is 1.36. The summed E-state index contributed by atoms with van der Waals surface area (Å²) in [6, 6.07) is 11.5. The first-order chi connectivity index (χ1) is 8.97. The third-order valence-corrected chi connectivity index (χ3v) is 3.70. The maximum absolute atomic E-state index is 6.15. The molecule has 0 aliphatic rings. The lowest BCUT2D eigenvalue weighted by Gasteiger charge is -2.12. The lowest BCUT2D eigenvalue weighted by molar-refractivity contribution is 0.479. The molecule has 0 aliphatic carbocycles. The van der Waals surface area contributed by atoms with Gasteiger partial charge in [0.25, 0.3) is 0 Å². The zero-order chi connectivity index (χ0) is 14.0. The van der Waals surface area contributed by atoms with Crippen molar-refractivity contribution in [2.24, 2.45) is 5.73 Å². The zero-order valence-corrected chi connectivity index (χ0v) is 13.1. The number of benzene rings is 2. The Labute approximate surface area is 126 Å². The molecule has 1 unspecified atom stereocenters. The first-order valence-electron chi connectivity index (χ1n) is 5.96. The van der Waals surface area contributed by atoms with Gasteiger partial charge in [-0.3, -0.25) is 0 Å². The van der Waals surface area contributed by atoms with Crippen molar-refractivity contribution in [3.63, 3.8) is 0 Å². The lowest BCUT2D eigenvalue weighted by Crippen LogP contribution is -2.04. The third kappa shape index (κ3) is 3.50. The number of ether oxygens (including phenoxy) is 1. The number of rotatable bonds is 3. The highest BCUT2D eigenvalue weighted by Crippen LogP contribution is 2.35. The second-order valence-electron chi connectivity index (χ2n) is 4.51. The van der Waals surface area contributed by atoms with E-state index in [1.54, 1.807) is 0 Å². The SMILES string of the molecule is Cc1ccc(Oc2ccc(C(C)N)cc2Br)c(Cl)c1. The Morgan fingerprint density at radius 3 is 2.42 bits per heavy atom. The van der Waals surface area contributed by atoms with E-state index in [-0.39, 0.29) is 6.04 Å². The van der Waals surface area contributed by atoms with Gasteiger partial charge in [0.05, 0.1) is 9.50 Å². The molecule has 0 saturated carbocycles. The van der Waals surface area contributed by atoms with Gasteiger partial charge in [0, 0.05) is 6.04 Å². The van der Waals surface area contributed by atoms with Gasteiger partial charge in [0.2, 0.25) is 0 Å². The Bertz CT molecular complexity index is 599. The van der Waals surface area contributed by atoms with E-state index in [4.69, 9.17) is 22.1 Å². The molecule has 0 amide bonds. The molecule has 0 radical (unpaired) electrons. The number of nitrogens with two attached hydrogens (primary N) is 1. The van der Waals surface area contributed by atoms with Gasteiger partial charge in [-0.25, -0.2) is 0 Å². The molecule has 2 N–H and O–H groups in total. The fourth-order valence-corrected chi connectivity index (χ4v) is 2.44. The minimum absolute atomic E-state index is 0.00619. The average Bonchev–Trinajstić information content (AvgIpc) is 2.34. The minimum Gasteiger partial charge on any atom is -0.455 e. The molecule has 100 valence electrons. The number of hydrogen-bond acceptors (Lipinski definition) is 2. The van der Waals surface area contributed by atoms with Crippen LogP contribution in [-0.4, -0.2) is 0 Å². The van der Waals surface area contributed by atoms with E-state index < -0.39 is 0 Å². The summed E-state index contributed by atoms with van der Waals surface area (Å²) in [7, 11) is 0. The quantitative estimate of drug-likeness (QED) is 0.831. The van der Waals surface area contributed by atoms with Crippen molar-refractivity contribution in [1.29, 1.82) is 0 Å². The molecule has 0 heterocycles. The highest BCUT2D eigenvalue weighted by Gasteiger charge is 2.08. The summed E-state index contributed by atoms with van der Waals surface area (Å²) < 4.78 is 6.67. The largest absolute Gasteiger partial charge is 0.455 e. The van der Waals surface area contributed by atoms with Crippen molar-refractivity contribution in [2.75, 3.05) is 0 Å². The average molecular weight is 341 g/mol. The van der Waals surface area contributed by atoms with Gasteiger partial charge in [-0.2, -0.15) is 0 Å². The van der Waals surface area contributed by atoms with E-state index in [0.29, 0.717) is 10.8 Å². The molecular formula is C15H15BrClNO. The van der Waals surface area contributed by atoms with Crippen LogP contribution in [0.25, 0.3) is 0 Å². The number of hydrogen-bond donors (Lipinski definition) is 1. The highest BCUT2D eigenvalue weighted by atomic mass is 79.9. The van der Waals surface area contributed by atoms with Crippen molar-refractivity contribution in [1.82, 2.24) is 0 Å². The topological polar surface area (TPSA) is 35.2 Å². The number of halogens is 2. The predicted molar refractivity (Wildman–Crippen MR) is 83.0 cm³/mol. The van der Waals surface area contributed by atoms with Gasteiger partial charge < -0.3 is 10.5 Å². The summed E-state index contributed by atoms with van der Waals surface area (Å²) in [6.07, 6.45) is 0. The molecular weight excluding hydrogens is 326 g/mol. The van der Waals surface area contributed by atoms with Crippen LogP contribution in [0.1, 0.15) is 24.1 Å². The summed E-state index contributed by atoms with van der Waals surface area (Å²) in [6.45, 7) is 3.93. The second-order valence-corrected chi connectivity index (χ2v) is 5.78. The summed E-state index contributed by atoms with van der Waals surface area (Å²) >= 11 is 9.64. The molecule has 0 aliphatic heterocycles. The Kier molecular flexibility index (Phi) is 4.50. The van der Waals surface area contributed by atoms with Crippen molar-refractivity contribution in [3.05, 3.63) is 57.0 Å². The van der Waals surface area contributed by atoms with E-state index in [1.807, 2.05) is 50.2 Å². The van der Waals surface area contributed by atoms with Gasteiger partial charge in [-0.15, -0.1) is 0 Å². The standard InChI is InChI=1S/C15H15BrClNO/c1-9-3-5-15(13(17)7-9)19-14-6-4-11(10(2)18)8-12(14)16/h3-8,10H,18H2,1-2H3. The van der Waals surface area contributed by atoms with Crippen molar-refractivity contribution in [2.45, 2.75) is 19.9 Å². The zero-order valence-electron chi connectivity index (χ0n) is 10.8. The van der Waals surface area contributed by atoms with E-state index in [9.17, 15) is 0 Å². The monoisotopic (exact) mass is 339 g/mol. The van der Waals surface area contributed by atoms with Crippen LogP contribution in [0.15, 0.2) is 40.9 Å². The lowest BCUT2D eigenvalue weighted by atomic mass is 10.1. The fraction of sp³-hybridized carbons (Fsp3) is 0.200. The van der Waals surface area contributed by atoms with Crippen LogP contribution in [-0.2, 0) is 0 Å². The Morgan fingerprint density at radius 2 is 1.84 bits per heavy atom. The van der Waals surface area contributed by atoms with Crippen molar-refractivity contribution < 1.29 is 4.74 Å². The Balaban J connectivity index is 2.28. The van der Waals surface area contributed by atoms with Crippen LogP contribution in [0, 0.1) is 6.92 Å². The third-order valence-electron chi connectivity index (χ3n) is 2.79. The fourth-order valence-electron chi connectivity index (χ4n) is 1.69. The Hall–Kier alpha value is -1.03. The van der Waals surface area contributed by atoms with Crippen LogP contribution >= 0.6 is 27.5 Å². The van der Waals surface area contributed by atoms with Crippen LogP contribution in [0.3, 0.4) is 0 Å². The molecule has 0 aromatic heterocycles. The summed E-state index contributed by atoms with van der Waals surface area (Å²) in [5, 5.41) is 0.600. The van der Waals surface area contributed by atoms with E-state index >= 15 is 0 Å². The second kappa shape index (κ2) is 5.95. The molecule has 0 saturated heterocycles. The van der Waals surface area contributed by atoms with Crippen LogP contribution in [0.5, 0.6) is 11.5 Å². The van der Waals surface area contributed by atoms with Gasteiger partial charge >= 0.3 is 0 Å². The first-order valence-corrected chi connectivity index (χ1v) is 7.13. The molecule has 2 aromatic rings. The van der Waals surface area contributed by atoms with Crippen LogP contribution in [0.4, 0.5) is 0 Å². The predicted octanol–water partition coefficient (Wildman–Crippen LogP) is 5.22. The maximum atomic E-state index is 6.15. The van der Waals surface area contributed by atoms with Gasteiger partial charge in [0.1, 0.15) is 11.5 Å². The van der Waals surface area contributed by atoms with E-state index in [1.165, 1.54) is 0 Å². The molecule has 0 spiro atoms. The molecule has 2 nitrogen and oxygen atoms in total. The first kappa shape index (κ1) is 14.4. The van der Waals surface area contributed by atoms with Crippen LogP contribution in [0.2, 0.25) is 5.02 Å². The van der Waals surface area contributed by atoms with E-state index in [2.05, 4.69) is 15.9 Å². The van der Waals surface area contributed by atoms with Gasteiger partial charge in [0.15, 0.2) is 0 Å².